The van der Waals surface area contributed by atoms with Crippen LogP contribution in [-0.2, 0) is 10.0 Å². The molecule has 1 aromatic rings. The predicted octanol–water partition coefficient (Wildman–Crippen LogP) is 2.31. The van der Waals surface area contributed by atoms with Crippen LogP contribution >= 0.6 is 0 Å². The summed E-state index contributed by atoms with van der Waals surface area (Å²) in [5, 5.41) is 3.35. The predicted molar refractivity (Wildman–Crippen MR) is 85.9 cm³/mol. The highest BCUT2D eigenvalue weighted by Gasteiger charge is 2.26. The standard InChI is InChI=1S/C16H26N2O2S/c1-4-18(12-15-6-5-7-17-11-15)21(19,20)16-9-13(2)8-14(3)10-16/h8-10,15,17H,4-7,11-12H2,1-3H3. The molecule has 0 bridgehead atoms. The number of aryl methyl sites for hydroxylation is 2. The van der Waals surface area contributed by atoms with Crippen molar-refractivity contribution in [2.24, 2.45) is 5.92 Å². The van der Waals surface area contributed by atoms with Crippen molar-refractivity contribution in [2.75, 3.05) is 26.2 Å². The summed E-state index contributed by atoms with van der Waals surface area (Å²) in [5.74, 6) is 0.416. The number of nitrogens with zero attached hydrogens (tertiary/aromatic N) is 1. The van der Waals surface area contributed by atoms with Gasteiger partial charge in [-0.25, -0.2) is 8.42 Å². The van der Waals surface area contributed by atoms with Crippen LogP contribution in [-0.4, -0.2) is 38.9 Å². The molecular formula is C16H26N2O2S. The molecule has 1 atom stereocenters. The van der Waals surface area contributed by atoms with Gasteiger partial charge in [0.05, 0.1) is 4.90 Å². The Kier molecular flexibility index (Phi) is 5.41. The van der Waals surface area contributed by atoms with Gasteiger partial charge in [-0.2, -0.15) is 4.31 Å². The average molecular weight is 310 g/mol. The topological polar surface area (TPSA) is 49.4 Å². The monoisotopic (exact) mass is 310 g/mol. The van der Waals surface area contributed by atoms with E-state index in [0.29, 0.717) is 23.9 Å². The number of benzene rings is 1. The van der Waals surface area contributed by atoms with Gasteiger partial charge >= 0.3 is 0 Å². The van der Waals surface area contributed by atoms with Crippen molar-refractivity contribution in [1.82, 2.24) is 9.62 Å². The molecule has 21 heavy (non-hydrogen) atoms. The zero-order chi connectivity index (χ0) is 15.5. The van der Waals surface area contributed by atoms with Gasteiger partial charge in [-0.3, -0.25) is 0 Å². The number of hydrogen-bond acceptors (Lipinski definition) is 3. The maximum atomic E-state index is 12.8. The van der Waals surface area contributed by atoms with Crippen molar-refractivity contribution >= 4 is 10.0 Å². The first kappa shape index (κ1) is 16.5. The van der Waals surface area contributed by atoms with Gasteiger partial charge in [0, 0.05) is 13.1 Å². The first-order chi connectivity index (χ1) is 9.93. The molecule has 1 fully saturated rings. The van der Waals surface area contributed by atoms with Crippen molar-refractivity contribution in [3.05, 3.63) is 29.3 Å². The summed E-state index contributed by atoms with van der Waals surface area (Å²) in [7, 11) is -3.39. The number of piperidine rings is 1. The fourth-order valence-corrected chi connectivity index (χ4v) is 4.71. The molecule has 1 aliphatic heterocycles. The van der Waals surface area contributed by atoms with E-state index in [1.165, 1.54) is 0 Å². The van der Waals surface area contributed by atoms with Gasteiger partial charge in [-0.1, -0.05) is 13.0 Å². The third-order valence-corrected chi connectivity index (χ3v) is 5.96. The van der Waals surface area contributed by atoms with Gasteiger partial charge < -0.3 is 5.32 Å². The summed E-state index contributed by atoms with van der Waals surface area (Å²) in [5.41, 5.74) is 1.98. The van der Waals surface area contributed by atoms with E-state index in [-0.39, 0.29) is 0 Å². The van der Waals surface area contributed by atoms with Crippen LogP contribution in [0.3, 0.4) is 0 Å². The van der Waals surface area contributed by atoms with E-state index < -0.39 is 10.0 Å². The van der Waals surface area contributed by atoms with Crippen LogP contribution < -0.4 is 5.32 Å². The van der Waals surface area contributed by atoms with Crippen LogP contribution in [0.25, 0.3) is 0 Å². The molecule has 1 aliphatic rings. The van der Waals surface area contributed by atoms with E-state index in [1.807, 2.05) is 26.8 Å². The minimum Gasteiger partial charge on any atom is -0.316 e. The lowest BCUT2D eigenvalue weighted by molar-refractivity contribution is 0.298. The lowest BCUT2D eigenvalue weighted by Gasteiger charge is -2.29. The Labute approximate surface area is 128 Å². The third kappa shape index (κ3) is 4.05. The maximum absolute atomic E-state index is 12.8. The lowest BCUT2D eigenvalue weighted by Crippen LogP contribution is -2.41. The molecule has 0 aromatic heterocycles. The first-order valence-electron chi connectivity index (χ1n) is 7.72. The second-order valence-electron chi connectivity index (χ2n) is 5.99. The molecule has 2 rings (SSSR count). The Morgan fingerprint density at radius 3 is 2.43 bits per heavy atom. The van der Waals surface area contributed by atoms with Gasteiger partial charge in [0.15, 0.2) is 0 Å². The smallest absolute Gasteiger partial charge is 0.243 e. The summed E-state index contributed by atoms with van der Waals surface area (Å²) in [6.07, 6.45) is 2.23. The van der Waals surface area contributed by atoms with Crippen molar-refractivity contribution in [2.45, 2.75) is 38.5 Å². The molecule has 4 nitrogen and oxygen atoms in total. The van der Waals surface area contributed by atoms with Crippen LogP contribution in [0.1, 0.15) is 30.9 Å². The Hall–Kier alpha value is -0.910. The fourth-order valence-electron chi connectivity index (χ4n) is 3.00. The third-order valence-electron chi connectivity index (χ3n) is 4.05. The molecule has 1 aromatic carbocycles. The van der Waals surface area contributed by atoms with Crippen molar-refractivity contribution in [3.63, 3.8) is 0 Å². The Morgan fingerprint density at radius 1 is 1.24 bits per heavy atom. The minimum atomic E-state index is -3.39. The molecule has 1 heterocycles. The van der Waals surface area contributed by atoms with Crippen LogP contribution in [0.2, 0.25) is 0 Å². The van der Waals surface area contributed by atoms with Crippen LogP contribution in [0.4, 0.5) is 0 Å². The van der Waals surface area contributed by atoms with Gasteiger partial charge in [-0.15, -0.1) is 0 Å². The second-order valence-corrected chi connectivity index (χ2v) is 7.93. The van der Waals surface area contributed by atoms with Crippen LogP contribution in [0, 0.1) is 19.8 Å². The fraction of sp³-hybridized carbons (Fsp3) is 0.625. The molecule has 0 saturated carbocycles. The van der Waals surface area contributed by atoms with Gasteiger partial charge in [-0.05, 0) is 69.0 Å². The zero-order valence-electron chi connectivity index (χ0n) is 13.2. The molecule has 118 valence electrons. The summed E-state index contributed by atoms with van der Waals surface area (Å²) in [6.45, 7) is 8.88. The molecule has 1 N–H and O–H groups in total. The summed E-state index contributed by atoms with van der Waals surface area (Å²) < 4.78 is 27.3. The van der Waals surface area contributed by atoms with Crippen molar-refractivity contribution in [3.8, 4) is 0 Å². The average Bonchev–Trinajstić information content (AvgIpc) is 2.44. The van der Waals surface area contributed by atoms with E-state index >= 15 is 0 Å². The summed E-state index contributed by atoms with van der Waals surface area (Å²) in [4.78, 5) is 0.422. The zero-order valence-corrected chi connectivity index (χ0v) is 14.0. The van der Waals surface area contributed by atoms with Gasteiger partial charge in [0.2, 0.25) is 10.0 Å². The number of nitrogens with one attached hydrogen (secondary N) is 1. The highest BCUT2D eigenvalue weighted by atomic mass is 32.2. The summed E-state index contributed by atoms with van der Waals surface area (Å²) in [6, 6.07) is 5.54. The van der Waals surface area contributed by atoms with E-state index in [4.69, 9.17) is 0 Å². The molecule has 5 heteroatoms. The highest BCUT2D eigenvalue weighted by Crippen LogP contribution is 2.21. The SMILES string of the molecule is CCN(CC1CCCNC1)S(=O)(=O)c1cc(C)cc(C)c1. The van der Waals surface area contributed by atoms with E-state index in [2.05, 4.69) is 5.32 Å². The Balaban J connectivity index is 2.22. The Morgan fingerprint density at radius 2 is 1.90 bits per heavy atom. The van der Waals surface area contributed by atoms with Crippen molar-refractivity contribution < 1.29 is 8.42 Å². The quantitative estimate of drug-likeness (QED) is 0.908. The summed E-state index contributed by atoms with van der Waals surface area (Å²) >= 11 is 0. The van der Waals surface area contributed by atoms with Crippen molar-refractivity contribution in [1.29, 1.82) is 0 Å². The number of hydrogen-bond donors (Lipinski definition) is 1. The molecule has 0 radical (unpaired) electrons. The molecule has 0 spiro atoms. The highest BCUT2D eigenvalue weighted by molar-refractivity contribution is 7.89. The number of rotatable bonds is 5. The normalized spacial score (nSPS) is 19.9. The van der Waals surface area contributed by atoms with E-state index in [9.17, 15) is 8.42 Å². The molecule has 1 unspecified atom stereocenters. The largest absolute Gasteiger partial charge is 0.316 e. The van der Waals surface area contributed by atoms with E-state index in [1.54, 1.807) is 16.4 Å². The lowest BCUT2D eigenvalue weighted by atomic mass is 10.00. The first-order valence-corrected chi connectivity index (χ1v) is 9.16. The molecule has 0 amide bonds. The second kappa shape index (κ2) is 6.90. The van der Waals surface area contributed by atoms with Gasteiger partial charge in [0.1, 0.15) is 0 Å². The minimum absolute atomic E-state index is 0.416. The Bertz CT molecular complexity index is 558. The van der Waals surface area contributed by atoms with Gasteiger partial charge in [0.25, 0.3) is 0 Å². The van der Waals surface area contributed by atoms with E-state index in [0.717, 1.165) is 37.1 Å². The van der Waals surface area contributed by atoms with Crippen LogP contribution in [0.5, 0.6) is 0 Å². The van der Waals surface area contributed by atoms with Crippen LogP contribution in [0.15, 0.2) is 23.1 Å². The molecule has 1 saturated heterocycles. The number of sulfonamides is 1. The molecule has 0 aliphatic carbocycles. The maximum Gasteiger partial charge on any atom is 0.243 e. The molecular weight excluding hydrogens is 284 g/mol.